The van der Waals surface area contributed by atoms with E-state index < -0.39 is 0 Å². The van der Waals surface area contributed by atoms with Crippen molar-refractivity contribution in [1.82, 2.24) is 14.3 Å². The van der Waals surface area contributed by atoms with Crippen molar-refractivity contribution in [1.29, 1.82) is 0 Å². The third-order valence-corrected chi connectivity index (χ3v) is 6.64. The summed E-state index contributed by atoms with van der Waals surface area (Å²) in [5, 5.41) is 2.11. The summed E-state index contributed by atoms with van der Waals surface area (Å²) in [6.07, 6.45) is 4.24. The number of amides is 1. The number of thiazole rings is 1. The van der Waals surface area contributed by atoms with Crippen LogP contribution in [0.2, 0.25) is 0 Å². The SMILES string of the molecule is COc1ccc(-c2cn3c(CCC(=O)N4CCc5ccccc5C4)csc3n2)cc1. The fourth-order valence-electron chi connectivity index (χ4n) is 4.01. The van der Waals surface area contributed by atoms with Gasteiger partial charge in [0.25, 0.3) is 0 Å². The molecule has 1 amide bonds. The normalized spacial score (nSPS) is 13.4. The number of ether oxygens (including phenoxy) is 1. The zero-order valence-corrected chi connectivity index (χ0v) is 17.7. The molecule has 0 spiro atoms. The molecule has 3 heterocycles. The summed E-state index contributed by atoms with van der Waals surface area (Å²) in [7, 11) is 1.66. The van der Waals surface area contributed by atoms with E-state index in [-0.39, 0.29) is 5.91 Å². The first-order chi connectivity index (χ1) is 14.7. The van der Waals surface area contributed by atoms with Gasteiger partial charge in [-0.15, -0.1) is 11.3 Å². The van der Waals surface area contributed by atoms with Crippen LogP contribution in [-0.4, -0.2) is 33.8 Å². The van der Waals surface area contributed by atoms with Crippen molar-refractivity contribution in [2.45, 2.75) is 25.8 Å². The molecule has 0 unspecified atom stereocenters. The van der Waals surface area contributed by atoms with Crippen LogP contribution >= 0.6 is 11.3 Å². The lowest BCUT2D eigenvalue weighted by Gasteiger charge is -2.29. The van der Waals surface area contributed by atoms with Gasteiger partial charge in [0.15, 0.2) is 4.96 Å². The Morgan fingerprint density at radius 3 is 2.73 bits per heavy atom. The van der Waals surface area contributed by atoms with Gasteiger partial charge >= 0.3 is 0 Å². The molecule has 0 saturated carbocycles. The Labute approximate surface area is 179 Å². The first-order valence-corrected chi connectivity index (χ1v) is 11.0. The minimum absolute atomic E-state index is 0.222. The number of benzene rings is 2. The summed E-state index contributed by atoms with van der Waals surface area (Å²) in [4.78, 5) is 20.5. The maximum absolute atomic E-state index is 12.8. The average molecular weight is 418 g/mol. The number of hydrogen-bond acceptors (Lipinski definition) is 4. The highest BCUT2D eigenvalue weighted by atomic mass is 32.1. The second-order valence-corrected chi connectivity index (χ2v) is 8.40. The average Bonchev–Trinajstić information content (AvgIpc) is 3.38. The molecule has 0 radical (unpaired) electrons. The van der Waals surface area contributed by atoms with E-state index in [0.717, 1.165) is 53.6 Å². The van der Waals surface area contributed by atoms with Crippen molar-refractivity contribution < 1.29 is 9.53 Å². The second-order valence-electron chi connectivity index (χ2n) is 7.57. The Bertz CT molecular complexity index is 1190. The molecule has 0 fully saturated rings. The summed E-state index contributed by atoms with van der Waals surface area (Å²) >= 11 is 1.62. The van der Waals surface area contributed by atoms with Crippen LogP contribution in [-0.2, 0) is 24.2 Å². The Balaban J connectivity index is 1.28. The lowest BCUT2D eigenvalue weighted by atomic mass is 9.99. The number of aromatic nitrogens is 2. The Hall–Kier alpha value is -3.12. The molecule has 4 aromatic rings. The molecule has 0 bridgehead atoms. The second kappa shape index (κ2) is 7.95. The van der Waals surface area contributed by atoms with Gasteiger partial charge in [0.05, 0.1) is 12.8 Å². The molecule has 30 heavy (non-hydrogen) atoms. The number of carbonyl (C=O) groups excluding carboxylic acids is 1. The largest absolute Gasteiger partial charge is 0.497 e. The minimum Gasteiger partial charge on any atom is -0.497 e. The van der Waals surface area contributed by atoms with Gasteiger partial charge in [0.2, 0.25) is 5.91 Å². The molecule has 0 atom stereocenters. The fourth-order valence-corrected chi connectivity index (χ4v) is 4.92. The van der Waals surface area contributed by atoms with Crippen LogP contribution in [0.15, 0.2) is 60.1 Å². The molecular formula is C24H23N3O2S. The number of hydrogen-bond donors (Lipinski definition) is 0. The van der Waals surface area contributed by atoms with Crippen LogP contribution < -0.4 is 4.74 Å². The number of nitrogens with zero attached hydrogens (tertiary/aromatic N) is 3. The maximum atomic E-state index is 12.8. The van der Waals surface area contributed by atoms with Crippen LogP contribution in [0.25, 0.3) is 16.2 Å². The molecule has 0 N–H and O–H groups in total. The van der Waals surface area contributed by atoms with Crippen LogP contribution in [0.4, 0.5) is 0 Å². The number of carbonyl (C=O) groups is 1. The summed E-state index contributed by atoms with van der Waals surface area (Å²) in [5.41, 5.74) is 5.76. The highest BCUT2D eigenvalue weighted by Gasteiger charge is 2.20. The molecule has 0 aliphatic carbocycles. The molecule has 1 aliphatic heterocycles. The van der Waals surface area contributed by atoms with Crippen LogP contribution in [0, 0.1) is 0 Å². The maximum Gasteiger partial charge on any atom is 0.223 e. The van der Waals surface area contributed by atoms with Gasteiger partial charge in [0.1, 0.15) is 5.75 Å². The lowest BCUT2D eigenvalue weighted by Crippen LogP contribution is -2.36. The number of methoxy groups -OCH3 is 1. The highest BCUT2D eigenvalue weighted by Crippen LogP contribution is 2.26. The van der Waals surface area contributed by atoms with Crippen molar-refractivity contribution in [2.24, 2.45) is 0 Å². The minimum atomic E-state index is 0.222. The molecule has 5 rings (SSSR count). The van der Waals surface area contributed by atoms with E-state index in [1.807, 2.05) is 35.2 Å². The van der Waals surface area contributed by atoms with Crippen molar-refractivity contribution in [3.63, 3.8) is 0 Å². The van der Waals surface area contributed by atoms with Gasteiger partial charge in [-0.3, -0.25) is 9.20 Å². The number of fused-ring (bicyclic) bond motifs is 2. The Morgan fingerprint density at radius 2 is 1.93 bits per heavy atom. The van der Waals surface area contributed by atoms with Crippen molar-refractivity contribution >= 4 is 22.2 Å². The number of rotatable bonds is 5. The predicted octanol–water partition coefficient (Wildman–Crippen LogP) is 4.59. The fraction of sp³-hybridized carbons (Fsp3) is 0.250. The number of aryl methyl sites for hydroxylation is 1. The molecule has 152 valence electrons. The quantitative estimate of drug-likeness (QED) is 0.477. The monoisotopic (exact) mass is 417 g/mol. The van der Waals surface area contributed by atoms with Gasteiger partial charge < -0.3 is 9.64 Å². The first-order valence-electron chi connectivity index (χ1n) is 10.2. The highest BCUT2D eigenvalue weighted by molar-refractivity contribution is 7.15. The smallest absolute Gasteiger partial charge is 0.223 e. The summed E-state index contributed by atoms with van der Waals surface area (Å²) in [6.45, 7) is 1.53. The molecule has 6 heteroatoms. The van der Waals surface area contributed by atoms with E-state index in [1.54, 1.807) is 18.4 Å². The third kappa shape index (κ3) is 3.59. The zero-order chi connectivity index (χ0) is 20.5. The van der Waals surface area contributed by atoms with E-state index in [1.165, 1.54) is 11.1 Å². The molecule has 0 saturated heterocycles. The van der Waals surface area contributed by atoms with Crippen molar-refractivity contribution in [2.75, 3.05) is 13.7 Å². The van der Waals surface area contributed by atoms with Crippen LogP contribution in [0.5, 0.6) is 5.75 Å². The van der Waals surface area contributed by atoms with Crippen molar-refractivity contribution in [3.05, 3.63) is 76.9 Å². The van der Waals surface area contributed by atoms with E-state index >= 15 is 0 Å². The molecule has 1 aliphatic rings. The molecular weight excluding hydrogens is 394 g/mol. The standard InChI is InChI=1S/C24H23N3O2S/c1-29-21-9-6-18(7-10-21)22-15-27-20(16-30-24(27)25-22)8-11-23(28)26-13-12-17-4-2-3-5-19(17)14-26/h2-7,9-10,15-16H,8,11-14H2,1H3. The Morgan fingerprint density at radius 1 is 1.13 bits per heavy atom. The van der Waals surface area contributed by atoms with E-state index in [9.17, 15) is 4.79 Å². The van der Waals surface area contributed by atoms with Crippen LogP contribution in [0.3, 0.4) is 0 Å². The van der Waals surface area contributed by atoms with E-state index in [2.05, 4.69) is 34.2 Å². The van der Waals surface area contributed by atoms with E-state index in [4.69, 9.17) is 9.72 Å². The third-order valence-electron chi connectivity index (χ3n) is 5.75. The summed E-state index contributed by atoms with van der Waals surface area (Å²) in [6, 6.07) is 16.3. The van der Waals surface area contributed by atoms with Gasteiger partial charge in [-0.1, -0.05) is 24.3 Å². The molecule has 2 aromatic carbocycles. The molecule has 5 nitrogen and oxygen atoms in total. The first kappa shape index (κ1) is 18.9. The Kier molecular flexibility index (Phi) is 5.01. The van der Waals surface area contributed by atoms with E-state index in [0.29, 0.717) is 6.42 Å². The summed E-state index contributed by atoms with van der Waals surface area (Å²) in [5.74, 6) is 1.05. The topological polar surface area (TPSA) is 46.8 Å². The van der Waals surface area contributed by atoms with Gasteiger partial charge in [-0.2, -0.15) is 0 Å². The lowest BCUT2D eigenvalue weighted by molar-refractivity contribution is -0.132. The number of imidazole rings is 1. The van der Waals surface area contributed by atoms with Gasteiger partial charge in [0, 0.05) is 42.3 Å². The predicted molar refractivity (Wildman–Crippen MR) is 119 cm³/mol. The molecule has 2 aromatic heterocycles. The van der Waals surface area contributed by atoms with Crippen LogP contribution in [0.1, 0.15) is 23.2 Å². The van der Waals surface area contributed by atoms with Crippen molar-refractivity contribution in [3.8, 4) is 17.0 Å². The van der Waals surface area contributed by atoms with Gasteiger partial charge in [-0.25, -0.2) is 4.98 Å². The summed E-state index contributed by atoms with van der Waals surface area (Å²) < 4.78 is 7.35. The van der Waals surface area contributed by atoms with Gasteiger partial charge in [-0.05, 0) is 48.2 Å². The zero-order valence-electron chi connectivity index (χ0n) is 16.9.